The minimum Gasteiger partial charge on any atom is -0.494 e. The Balaban J connectivity index is 1.31. The molecule has 1 heterocycles. The Morgan fingerprint density at radius 1 is 1.05 bits per heavy atom. The lowest BCUT2D eigenvalue weighted by molar-refractivity contribution is -0.384. The zero-order valence-corrected chi connectivity index (χ0v) is 21.3. The molecule has 9 nitrogen and oxygen atoms in total. The number of carbonyl (C=O) groups is 2. The number of nitro benzene ring substituents is 1. The van der Waals surface area contributed by atoms with E-state index in [1.165, 1.54) is 47.4 Å². The maximum Gasteiger partial charge on any atom is 0.270 e. The number of anilines is 2. The number of nitrogens with zero attached hydrogens (tertiary/aromatic N) is 2. The Morgan fingerprint density at radius 3 is 2.59 bits per heavy atom. The molecule has 0 fully saturated rings. The first kappa shape index (κ1) is 25.9. The summed E-state index contributed by atoms with van der Waals surface area (Å²) in [6, 6.07) is 20.1. The van der Waals surface area contributed by atoms with Crippen molar-refractivity contribution in [1.82, 2.24) is 4.98 Å². The fourth-order valence-corrected chi connectivity index (χ4v) is 4.78. The van der Waals surface area contributed by atoms with Crippen molar-refractivity contribution in [2.24, 2.45) is 0 Å². The average molecular weight is 535 g/mol. The third-order valence-corrected chi connectivity index (χ3v) is 6.74. The zero-order chi connectivity index (χ0) is 26.2. The van der Waals surface area contributed by atoms with Crippen molar-refractivity contribution in [3.05, 3.63) is 93.9 Å². The number of amides is 2. The molecule has 0 aliphatic heterocycles. The lowest BCUT2D eigenvalue weighted by Crippen LogP contribution is -2.14. The molecule has 0 radical (unpaired) electrons. The Morgan fingerprint density at radius 2 is 1.84 bits per heavy atom. The van der Waals surface area contributed by atoms with Gasteiger partial charge in [0.15, 0.2) is 5.13 Å². The summed E-state index contributed by atoms with van der Waals surface area (Å²) in [6.07, 6.45) is 0. The number of nitrogens with one attached hydrogen (secondary N) is 2. The van der Waals surface area contributed by atoms with Crippen molar-refractivity contribution >= 4 is 51.4 Å². The van der Waals surface area contributed by atoms with E-state index < -0.39 is 10.8 Å². The SMILES string of the molecule is CCOc1ccc(-c2csc(NC(=O)CSc3cccc(NC(=O)c4cccc([N+](=O)[O-])c4)c3)n2)cc1. The summed E-state index contributed by atoms with van der Waals surface area (Å²) in [6.45, 7) is 2.53. The van der Waals surface area contributed by atoms with E-state index in [4.69, 9.17) is 4.74 Å². The lowest BCUT2D eigenvalue weighted by Gasteiger charge is -2.08. The van der Waals surface area contributed by atoms with Crippen LogP contribution in [0.5, 0.6) is 5.75 Å². The minimum atomic E-state index is -0.550. The van der Waals surface area contributed by atoms with Gasteiger partial charge in [-0.2, -0.15) is 0 Å². The van der Waals surface area contributed by atoms with Crippen LogP contribution in [0, 0.1) is 10.1 Å². The molecule has 2 N–H and O–H groups in total. The summed E-state index contributed by atoms with van der Waals surface area (Å²) in [5, 5.41) is 18.9. The van der Waals surface area contributed by atoms with Crippen molar-refractivity contribution in [1.29, 1.82) is 0 Å². The number of thiazole rings is 1. The molecule has 0 atom stereocenters. The number of aromatic nitrogens is 1. The third-order valence-electron chi connectivity index (χ3n) is 4.99. The Bertz CT molecular complexity index is 1420. The van der Waals surface area contributed by atoms with Crippen molar-refractivity contribution in [2.75, 3.05) is 23.0 Å². The van der Waals surface area contributed by atoms with E-state index in [0.717, 1.165) is 21.9 Å². The Hall–Kier alpha value is -4.22. The first-order valence-electron chi connectivity index (χ1n) is 11.2. The fraction of sp³-hybridized carbons (Fsp3) is 0.115. The van der Waals surface area contributed by atoms with Gasteiger partial charge in [0.2, 0.25) is 5.91 Å². The van der Waals surface area contributed by atoms with Crippen LogP contribution in [0.1, 0.15) is 17.3 Å². The molecule has 0 bridgehead atoms. The summed E-state index contributed by atoms with van der Waals surface area (Å²) in [5.74, 6) is 0.277. The summed E-state index contributed by atoms with van der Waals surface area (Å²) in [5.41, 5.74) is 2.23. The number of benzene rings is 3. The molecule has 3 aromatic carbocycles. The molecule has 0 aliphatic carbocycles. The number of nitro groups is 1. The van der Waals surface area contributed by atoms with E-state index in [1.54, 1.807) is 18.2 Å². The predicted molar refractivity (Wildman–Crippen MR) is 146 cm³/mol. The maximum atomic E-state index is 12.5. The van der Waals surface area contributed by atoms with Crippen LogP contribution in [0.15, 0.2) is 83.1 Å². The largest absolute Gasteiger partial charge is 0.494 e. The quantitative estimate of drug-likeness (QED) is 0.143. The van der Waals surface area contributed by atoms with E-state index in [9.17, 15) is 19.7 Å². The second kappa shape index (κ2) is 12.2. The van der Waals surface area contributed by atoms with Crippen molar-refractivity contribution in [2.45, 2.75) is 11.8 Å². The zero-order valence-electron chi connectivity index (χ0n) is 19.7. The van der Waals surface area contributed by atoms with Gasteiger partial charge in [0.1, 0.15) is 5.75 Å². The fourth-order valence-electron chi connectivity index (χ4n) is 3.28. The van der Waals surface area contributed by atoms with Gasteiger partial charge in [0.05, 0.1) is 23.0 Å². The van der Waals surface area contributed by atoms with E-state index in [0.29, 0.717) is 17.4 Å². The van der Waals surface area contributed by atoms with Crippen LogP contribution < -0.4 is 15.4 Å². The first-order valence-corrected chi connectivity index (χ1v) is 13.0. The molecule has 0 unspecified atom stereocenters. The minimum absolute atomic E-state index is 0.153. The number of ether oxygens (including phenoxy) is 1. The summed E-state index contributed by atoms with van der Waals surface area (Å²) >= 11 is 2.66. The molecular weight excluding hydrogens is 512 g/mol. The number of carbonyl (C=O) groups excluding carboxylic acids is 2. The monoisotopic (exact) mass is 534 g/mol. The van der Waals surface area contributed by atoms with Gasteiger partial charge in [0.25, 0.3) is 11.6 Å². The molecule has 188 valence electrons. The molecule has 4 rings (SSSR count). The van der Waals surface area contributed by atoms with E-state index in [-0.39, 0.29) is 22.9 Å². The highest BCUT2D eigenvalue weighted by atomic mass is 32.2. The average Bonchev–Trinajstić information content (AvgIpc) is 3.37. The van der Waals surface area contributed by atoms with Gasteiger partial charge in [-0.1, -0.05) is 12.1 Å². The van der Waals surface area contributed by atoms with Crippen LogP contribution in [-0.4, -0.2) is 34.1 Å². The molecule has 0 aliphatic rings. The Labute approximate surface area is 221 Å². The van der Waals surface area contributed by atoms with Crippen LogP contribution in [0.2, 0.25) is 0 Å². The highest BCUT2D eigenvalue weighted by Gasteiger charge is 2.13. The van der Waals surface area contributed by atoms with Crippen molar-refractivity contribution in [3.8, 4) is 17.0 Å². The van der Waals surface area contributed by atoms with Gasteiger partial charge in [-0.3, -0.25) is 19.7 Å². The molecule has 0 saturated heterocycles. The van der Waals surface area contributed by atoms with Crippen LogP contribution in [-0.2, 0) is 4.79 Å². The highest BCUT2D eigenvalue weighted by molar-refractivity contribution is 8.00. The van der Waals surface area contributed by atoms with Crippen LogP contribution in [0.4, 0.5) is 16.5 Å². The summed E-state index contributed by atoms with van der Waals surface area (Å²) in [7, 11) is 0. The van der Waals surface area contributed by atoms with Gasteiger partial charge >= 0.3 is 0 Å². The highest BCUT2D eigenvalue weighted by Crippen LogP contribution is 2.27. The second-order valence-electron chi connectivity index (χ2n) is 7.62. The molecule has 2 amide bonds. The normalized spacial score (nSPS) is 10.5. The number of rotatable bonds is 10. The topological polar surface area (TPSA) is 123 Å². The van der Waals surface area contributed by atoms with Gasteiger partial charge < -0.3 is 15.4 Å². The molecule has 4 aromatic rings. The third kappa shape index (κ3) is 7.15. The van der Waals surface area contributed by atoms with Gasteiger partial charge in [-0.05, 0) is 55.5 Å². The number of thioether (sulfide) groups is 1. The van der Waals surface area contributed by atoms with Gasteiger partial charge in [-0.15, -0.1) is 23.1 Å². The molecule has 11 heteroatoms. The summed E-state index contributed by atoms with van der Waals surface area (Å²) in [4.78, 5) is 40.6. The van der Waals surface area contributed by atoms with Crippen LogP contribution >= 0.6 is 23.1 Å². The molecule has 0 spiro atoms. The predicted octanol–water partition coefficient (Wildman–Crippen LogP) is 6.10. The van der Waals surface area contributed by atoms with Crippen LogP contribution in [0.25, 0.3) is 11.3 Å². The molecule has 1 aromatic heterocycles. The second-order valence-corrected chi connectivity index (χ2v) is 9.53. The van der Waals surface area contributed by atoms with Crippen molar-refractivity contribution in [3.63, 3.8) is 0 Å². The van der Waals surface area contributed by atoms with Crippen molar-refractivity contribution < 1.29 is 19.2 Å². The number of hydrogen-bond donors (Lipinski definition) is 2. The number of non-ortho nitro benzene ring substituents is 1. The standard InChI is InChI=1S/C26H22N4O5S2/c1-2-35-21-11-9-17(10-12-21)23-15-37-26(28-23)29-24(31)16-36-22-8-4-6-19(14-22)27-25(32)18-5-3-7-20(13-18)30(33)34/h3-15H,2,16H2,1H3,(H,27,32)(H,28,29,31). The maximum absolute atomic E-state index is 12.5. The smallest absolute Gasteiger partial charge is 0.270 e. The van der Waals surface area contributed by atoms with Crippen LogP contribution in [0.3, 0.4) is 0 Å². The summed E-state index contributed by atoms with van der Waals surface area (Å²) < 4.78 is 5.46. The van der Waals surface area contributed by atoms with E-state index in [2.05, 4.69) is 15.6 Å². The molecule has 0 saturated carbocycles. The molecular formula is C26H22N4O5S2. The Kier molecular flexibility index (Phi) is 8.49. The van der Waals surface area contributed by atoms with E-state index >= 15 is 0 Å². The lowest BCUT2D eigenvalue weighted by atomic mass is 10.2. The first-order chi connectivity index (χ1) is 17.9. The van der Waals surface area contributed by atoms with Gasteiger partial charge in [-0.25, -0.2) is 4.98 Å². The molecule has 37 heavy (non-hydrogen) atoms. The number of hydrogen-bond acceptors (Lipinski definition) is 8. The van der Waals surface area contributed by atoms with Gasteiger partial charge in [0, 0.05) is 39.2 Å². The van der Waals surface area contributed by atoms with E-state index in [1.807, 2.05) is 42.6 Å².